The number of hydrogen-bond donors (Lipinski definition) is 1. The fourth-order valence-corrected chi connectivity index (χ4v) is 2.64. The molecule has 3 aromatic rings. The van der Waals surface area contributed by atoms with Crippen molar-refractivity contribution in [2.75, 3.05) is 12.8 Å². The van der Waals surface area contributed by atoms with Crippen LogP contribution in [-0.4, -0.2) is 22.6 Å². The molecular formula is C18H19N3O2. The molecule has 23 heavy (non-hydrogen) atoms. The minimum absolute atomic E-state index is 0.233. The number of nitrogen functional groups attached to an aromatic ring is 1. The molecule has 0 saturated heterocycles. The zero-order chi connectivity index (χ0) is 16.2. The van der Waals surface area contributed by atoms with Crippen molar-refractivity contribution in [3.05, 3.63) is 59.9 Å². The largest absolute Gasteiger partial charge is 0.469 e. The van der Waals surface area contributed by atoms with E-state index in [-0.39, 0.29) is 5.97 Å². The summed E-state index contributed by atoms with van der Waals surface area (Å²) in [7, 11) is 1.40. The highest BCUT2D eigenvalue weighted by molar-refractivity contribution is 5.80. The Kier molecular flexibility index (Phi) is 4.28. The normalized spacial score (nSPS) is 10.8. The van der Waals surface area contributed by atoms with Gasteiger partial charge in [-0.25, -0.2) is 4.98 Å². The molecule has 0 bridgehead atoms. The molecule has 0 atom stereocenters. The summed E-state index contributed by atoms with van der Waals surface area (Å²) in [5, 5.41) is 0. The summed E-state index contributed by atoms with van der Waals surface area (Å²) in [5.74, 6) is 0.627. The Morgan fingerprint density at radius 2 is 2.00 bits per heavy atom. The molecular weight excluding hydrogens is 290 g/mol. The number of fused-ring (bicyclic) bond motifs is 1. The molecule has 0 fully saturated rings. The van der Waals surface area contributed by atoms with Crippen molar-refractivity contribution in [3.63, 3.8) is 0 Å². The number of aromatic nitrogens is 2. The predicted octanol–water partition coefficient (Wildman–Crippen LogP) is 2.77. The van der Waals surface area contributed by atoms with Crippen LogP contribution in [0.2, 0.25) is 0 Å². The van der Waals surface area contributed by atoms with Crippen molar-refractivity contribution in [2.45, 2.75) is 19.4 Å². The molecule has 0 aliphatic heterocycles. The molecule has 2 N–H and O–H groups in total. The first-order chi connectivity index (χ1) is 11.2. The van der Waals surface area contributed by atoms with Crippen LogP contribution in [0.25, 0.3) is 11.0 Å². The molecule has 0 amide bonds. The van der Waals surface area contributed by atoms with E-state index in [0.29, 0.717) is 25.1 Å². The van der Waals surface area contributed by atoms with Crippen molar-refractivity contribution in [3.8, 4) is 0 Å². The van der Waals surface area contributed by atoms with E-state index in [2.05, 4.69) is 21.7 Å². The highest BCUT2D eigenvalue weighted by atomic mass is 16.5. The Hall–Kier alpha value is -2.82. The molecule has 0 aliphatic carbocycles. The zero-order valence-corrected chi connectivity index (χ0v) is 13.0. The van der Waals surface area contributed by atoms with Gasteiger partial charge in [-0.2, -0.15) is 0 Å². The maximum Gasteiger partial charge on any atom is 0.305 e. The number of anilines is 1. The van der Waals surface area contributed by atoms with Crippen LogP contribution >= 0.6 is 0 Å². The number of benzene rings is 2. The third kappa shape index (κ3) is 3.34. The van der Waals surface area contributed by atoms with Crippen LogP contribution in [0.15, 0.2) is 48.5 Å². The van der Waals surface area contributed by atoms with E-state index < -0.39 is 0 Å². The SMILES string of the molecule is COC(=O)CCc1nc2ccc(N)cc2n1Cc1ccccc1. The van der Waals surface area contributed by atoms with E-state index in [1.54, 1.807) is 0 Å². The van der Waals surface area contributed by atoms with Crippen molar-refractivity contribution in [1.82, 2.24) is 9.55 Å². The lowest BCUT2D eigenvalue weighted by Crippen LogP contribution is -2.09. The summed E-state index contributed by atoms with van der Waals surface area (Å²) in [6.07, 6.45) is 0.845. The molecule has 5 heteroatoms. The number of carbonyl (C=O) groups is 1. The van der Waals surface area contributed by atoms with Gasteiger partial charge in [0.2, 0.25) is 0 Å². The molecule has 0 unspecified atom stereocenters. The number of nitrogens with two attached hydrogens (primary N) is 1. The van der Waals surface area contributed by atoms with E-state index in [1.165, 1.54) is 12.7 Å². The first kappa shape index (κ1) is 15.1. The summed E-state index contributed by atoms with van der Waals surface area (Å²) < 4.78 is 6.84. The highest BCUT2D eigenvalue weighted by Gasteiger charge is 2.13. The Bertz CT molecular complexity index is 825. The molecule has 1 heterocycles. The molecule has 0 aliphatic rings. The van der Waals surface area contributed by atoms with Gasteiger partial charge >= 0.3 is 5.97 Å². The van der Waals surface area contributed by atoms with Crippen molar-refractivity contribution >= 4 is 22.7 Å². The van der Waals surface area contributed by atoms with E-state index in [4.69, 9.17) is 10.5 Å². The number of rotatable bonds is 5. The molecule has 3 rings (SSSR count). The number of hydrogen-bond acceptors (Lipinski definition) is 4. The van der Waals surface area contributed by atoms with Gasteiger partial charge in [-0.1, -0.05) is 30.3 Å². The van der Waals surface area contributed by atoms with Crippen molar-refractivity contribution in [1.29, 1.82) is 0 Å². The summed E-state index contributed by atoms with van der Waals surface area (Å²) >= 11 is 0. The van der Waals surface area contributed by atoms with Crippen LogP contribution in [-0.2, 0) is 22.5 Å². The Labute approximate surface area is 134 Å². The second-order valence-electron chi connectivity index (χ2n) is 5.42. The van der Waals surface area contributed by atoms with Gasteiger partial charge in [-0.05, 0) is 23.8 Å². The van der Waals surface area contributed by atoms with Crippen LogP contribution in [0.1, 0.15) is 17.8 Å². The van der Waals surface area contributed by atoms with Gasteiger partial charge in [0.1, 0.15) is 5.82 Å². The number of imidazole rings is 1. The summed E-state index contributed by atoms with van der Waals surface area (Å²) in [5.41, 5.74) is 9.66. The van der Waals surface area contributed by atoms with Crippen LogP contribution < -0.4 is 5.73 Å². The second kappa shape index (κ2) is 6.52. The number of nitrogens with zero attached hydrogens (tertiary/aromatic N) is 2. The van der Waals surface area contributed by atoms with Crippen LogP contribution in [0.5, 0.6) is 0 Å². The topological polar surface area (TPSA) is 70.1 Å². The van der Waals surface area contributed by atoms with Gasteiger partial charge in [-0.15, -0.1) is 0 Å². The molecule has 118 valence electrons. The van der Waals surface area contributed by atoms with E-state index in [1.807, 2.05) is 36.4 Å². The van der Waals surface area contributed by atoms with Crippen LogP contribution in [0.3, 0.4) is 0 Å². The molecule has 5 nitrogen and oxygen atoms in total. The lowest BCUT2D eigenvalue weighted by Gasteiger charge is -2.09. The number of aryl methyl sites for hydroxylation is 1. The minimum Gasteiger partial charge on any atom is -0.469 e. The third-order valence-electron chi connectivity index (χ3n) is 3.82. The van der Waals surface area contributed by atoms with E-state index >= 15 is 0 Å². The first-order valence-corrected chi connectivity index (χ1v) is 7.53. The minimum atomic E-state index is -0.233. The number of ether oxygens (including phenoxy) is 1. The lowest BCUT2D eigenvalue weighted by molar-refractivity contribution is -0.140. The fourth-order valence-electron chi connectivity index (χ4n) is 2.64. The average Bonchev–Trinajstić information content (AvgIpc) is 2.90. The average molecular weight is 309 g/mol. The van der Waals surface area contributed by atoms with Gasteiger partial charge in [0.05, 0.1) is 24.6 Å². The Balaban J connectivity index is 2.00. The smallest absolute Gasteiger partial charge is 0.305 e. The first-order valence-electron chi connectivity index (χ1n) is 7.53. The number of esters is 1. The summed E-state index contributed by atoms with van der Waals surface area (Å²) in [6, 6.07) is 15.8. The molecule has 0 radical (unpaired) electrons. The van der Waals surface area contributed by atoms with Gasteiger partial charge in [0, 0.05) is 18.7 Å². The second-order valence-corrected chi connectivity index (χ2v) is 5.42. The van der Waals surface area contributed by atoms with Gasteiger partial charge < -0.3 is 15.0 Å². The number of methoxy groups -OCH3 is 1. The maximum atomic E-state index is 11.4. The summed E-state index contributed by atoms with van der Waals surface area (Å²) in [4.78, 5) is 16.1. The Morgan fingerprint density at radius 3 is 2.74 bits per heavy atom. The molecule has 0 saturated carbocycles. The molecule has 0 spiro atoms. The number of carbonyl (C=O) groups excluding carboxylic acids is 1. The fraction of sp³-hybridized carbons (Fsp3) is 0.222. The lowest BCUT2D eigenvalue weighted by atomic mass is 10.2. The zero-order valence-electron chi connectivity index (χ0n) is 13.0. The van der Waals surface area contributed by atoms with Crippen molar-refractivity contribution in [2.24, 2.45) is 0 Å². The van der Waals surface area contributed by atoms with Gasteiger partial charge in [-0.3, -0.25) is 4.79 Å². The van der Waals surface area contributed by atoms with Crippen LogP contribution in [0, 0.1) is 0 Å². The van der Waals surface area contributed by atoms with E-state index in [0.717, 1.165) is 16.9 Å². The monoisotopic (exact) mass is 309 g/mol. The van der Waals surface area contributed by atoms with Crippen molar-refractivity contribution < 1.29 is 9.53 Å². The highest BCUT2D eigenvalue weighted by Crippen LogP contribution is 2.21. The standard InChI is InChI=1S/C18H19N3O2/c1-23-18(22)10-9-17-20-15-8-7-14(19)11-16(15)21(17)12-13-5-3-2-4-6-13/h2-8,11H,9-10,12,19H2,1H3. The van der Waals surface area contributed by atoms with Gasteiger partial charge in [0.15, 0.2) is 0 Å². The predicted molar refractivity (Wildman–Crippen MR) is 90.0 cm³/mol. The van der Waals surface area contributed by atoms with Gasteiger partial charge in [0.25, 0.3) is 0 Å². The van der Waals surface area contributed by atoms with Crippen LogP contribution in [0.4, 0.5) is 5.69 Å². The van der Waals surface area contributed by atoms with E-state index in [9.17, 15) is 4.79 Å². The maximum absolute atomic E-state index is 11.4. The molecule has 1 aromatic heterocycles. The summed E-state index contributed by atoms with van der Waals surface area (Å²) in [6.45, 7) is 0.692. The molecule has 2 aromatic carbocycles. The Morgan fingerprint density at radius 1 is 1.22 bits per heavy atom. The quantitative estimate of drug-likeness (QED) is 0.581. The third-order valence-corrected chi connectivity index (χ3v) is 3.82.